The van der Waals surface area contributed by atoms with Crippen LogP contribution in [0.25, 0.3) is 0 Å². The largest absolute Gasteiger partial charge is 4.00 e. The third-order valence-electron chi connectivity index (χ3n) is 3.25. The first-order chi connectivity index (χ1) is 8.45. The van der Waals surface area contributed by atoms with Crippen molar-refractivity contribution in [1.29, 1.82) is 0 Å². The molecule has 0 saturated heterocycles. The van der Waals surface area contributed by atoms with Crippen molar-refractivity contribution in [2.75, 3.05) is 0 Å². The summed E-state index contributed by atoms with van der Waals surface area (Å²) in [6, 6.07) is 10.7. The third kappa shape index (κ3) is 2.61. The Morgan fingerprint density at radius 1 is 0.833 bits per heavy atom. The van der Waals surface area contributed by atoms with Gasteiger partial charge in [-0.3, -0.25) is 0 Å². The van der Waals surface area contributed by atoms with E-state index in [9.17, 15) is 0 Å². The van der Waals surface area contributed by atoms with Gasteiger partial charge < -0.3 is 4.28 Å². The van der Waals surface area contributed by atoms with Crippen molar-refractivity contribution in [2.45, 2.75) is 12.8 Å². The van der Waals surface area contributed by atoms with Gasteiger partial charge in [-0.2, -0.15) is 0 Å². The van der Waals surface area contributed by atoms with Gasteiger partial charge in [0.15, 0.2) is 0 Å². The Balaban J connectivity index is 0. The van der Waals surface area contributed by atoms with Crippen molar-refractivity contribution in [3.63, 3.8) is 0 Å². The van der Waals surface area contributed by atoms with E-state index in [0.717, 1.165) is 12.8 Å². The second kappa shape index (κ2) is 6.08. The normalized spacial score (nSPS) is 16.2. The van der Waals surface area contributed by atoms with Crippen molar-refractivity contribution in [3.05, 3.63) is 89.4 Å². The van der Waals surface area contributed by atoms with Crippen LogP contribution < -0.4 is 0 Å². The number of allylic oxidation sites excluding steroid dienone is 8. The molecule has 0 aliphatic heterocycles. The molecule has 0 heterocycles. The second-order valence-corrected chi connectivity index (χ2v) is 4.39. The predicted molar refractivity (Wildman–Crippen MR) is 75.8 cm³/mol. The summed E-state index contributed by atoms with van der Waals surface area (Å²) in [4.78, 5) is 0. The van der Waals surface area contributed by atoms with E-state index in [-0.39, 0.29) is 26.0 Å². The topological polar surface area (TPSA) is 0 Å². The molecule has 0 saturated carbocycles. The van der Waals surface area contributed by atoms with E-state index in [4.69, 9.17) is 0 Å². The molecular weight excluding hydrogens is 252 g/mol. The Morgan fingerprint density at radius 2 is 1.39 bits per heavy atom. The molecular formula is C17H18Ti. The van der Waals surface area contributed by atoms with Gasteiger partial charge >= 0.3 is 21.7 Å². The summed E-state index contributed by atoms with van der Waals surface area (Å²) in [6.07, 6.45) is 15.3. The maximum atomic E-state index is 2.24. The maximum absolute atomic E-state index is 2.24. The van der Waals surface area contributed by atoms with Crippen LogP contribution in [0.15, 0.2) is 77.9 Å². The van der Waals surface area contributed by atoms with E-state index in [0.29, 0.717) is 0 Å². The molecule has 0 spiro atoms. The second-order valence-electron chi connectivity index (χ2n) is 4.39. The van der Waals surface area contributed by atoms with Crippen molar-refractivity contribution in [1.82, 2.24) is 0 Å². The van der Waals surface area contributed by atoms with Crippen LogP contribution in [0.3, 0.4) is 0 Å². The predicted octanol–water partition coefficient (Wildman–Crippen LogP) is 4.72. The first-order valence-corrected chi connectivity index (χ1v) is 6.09. The Labute approximate surface area is 128 Å². The number of hydrogen-bond acceptors (Lipinski definition) is 0. The molecule has 0 atom stereocenters. The Bertz CT molecular complexity index is 500. The fourth-order valence-electron chi connectivity index (χ4n) is 2.45. The maximum Gasteiger partial charge on any atom is 4.00 e. The molecule has 0 unspecified atom stereocenters. The Kier molecular flexibility index (Phi) is 4.46. The molecule has 1 aromatic rings. The molecule has 2 aliphatic rings. The van der Waals surface area contributed by atoms with Crippen LogP contribution in [0.1, 0.15) is 22.7 Å². The molecule has 1 heteroatoms. The minimum atomic E-state index is 0. The molecule has 0 fully saturated rings. The van der Waals surface area contributed by atoms with E-state index < -0.39 is 0 Å². The summed E-state index contributed by atoms with van der Waals surface area (Å²) in [5.74, 6) is 1.42. The van der Waals surface area contributed by atoms with Gasteiger partial charge in [0, 0.05) is 0 Å². The van der Waals surface area contributed by atoms with E-state index in [1.54, 1.807) is 0 Å². The van der Waals surface area contributed by atoms with Crippen LogP contribution in [0.2, 0.25) is 0 Å². The minimum Gasteiger partial charge on any atom is -1.00 e. The van der Waals surface area contributed by atoms with Crippen LogP contribution in [0.4, 0.5) is 0 Å². The van der Waals surface area contributed by atoms with Crippen molar-refractivity contribution >= 4 is 0 Å². The minimum absolute atomic E-state index is 0. The van der Waals surface area contributed by atoms with Gasteiger partial charge in [-0.15, -0.1) is 41.0 Å². The first kappa shape index (κ1) is 13.2. The quantitative estimate of drug-likeness (QED) is 0.551. The van der Waals surface area contributed by atoms with Gasteiger partial charge in [0.25, 0.3) is 0 Å². The molecule has 0 bridgehead atoms. The molecule has 3 rings (SSSR count). The van der Waals surface area contributed by atoms with Crippen molar-refractivity contribution in [2.24, 2.45) is 0 Å². The summed E-state index contributed by atoms with van der Waals surface area (Å²) < 4.78 is 0. The zero-order valence-electron chi connectivity index (χ0n) is 13.3. The number of hydrogen-bond donors (Lipinski definition) is 0. The SMILES string of the molecule is C1=CCC([C-](C2=CC=CC2)c2ccccc2)=C1.[H-].[H-].[H-].[Ti+4]. The smallest absolute Gasteiger partial charge is 1.00 e. The average Bonchev–Trinajstić information content (AvgIpc) is 3.04. The molecule has 2 aliphatic carbocycles. The molecule has 0 aromatic heterocycles. The monoisotopic (exact) mass is 270 g/mol. The van der Waals surface area contributed by atoms with E-state index >= 15 is 0 Å². The first-order valence-electron chi connectivity index (χ1n) is 6.09. The summed E-state index contributed by atoms with van der Waals surface area (Å²) in [6.45, 7) is 0. The van der Waals surface area contributed by atoms with Gasteiger partial charge in [-0.25, -0.2) is 0 Å². The Hall–Kier alpha value is -1.24. The average molecular weight is 270 g/mol. The summed E-state index contributed by atoms with van der Waals surface area (Å²) in [5, 5.41) is 0. The van der Waals surface area contributed by atoms with E-state index in [1.165, 1.54) is 22.6 Å². The molecule has 0 N–H and O–H groups in total. The van der Waals surface area contributed by atoms with Gasteiger partial charge in [-0.1, -0.05) is 48.4 Å². The molecule has 0 radical (unpaired) electrons. The zero-order chi connectivity index (χ0) is 11.5. The van der Waals surface area contributed by atoms with Crippen LogP contribution in [-0.2, 0) is 21.7 Å². The number of rotatable bonds is 3. The van der Waals surface area contributed by atoms with Gasteiger partial charge in [0.1, 0.15) is 0 Å². The van der Waals surface area contributed by atoms with Gasteiger partial charge in [-0.05, 0) is 12.8 Å². The van der Waals surface area contributed by atoms with Crippen molar-refractivity contribution < 1.29 is 26.0 Å². The molecule has 0 nitrogen and oxygen atoms in total. The fourth-order valence-corrected chi connectivity index (χ4v) is 2.45. The third-order valence-corrected chi connectivity index (χ3v) is 3.25. The van der Waals surface area contributed by atoms with Crippen LogP contribution in [0, 0.1) is 5.92 Å². The summed E-state index contributed by atoms with van der Waals surface area (Å²) >= 11 is 0. The zero-order valence-corrected chi connectivity index (χ0v) is 11.8. The van der Waals surface area contributed by atoms with Crippen molar-refractivity contribution in [3.8, 4) is 0 Å². The van der Waals surface area contributed by atoms with Crippen LogP contribution in [-0.4, -0.2) is 0 Å². The Morgan fingerprint density at radius 3 is 1.83 bits per heavy atom. The van der Waals surface area contributed by atoms with Crippen LogP contribution >= 0.6 is 0 Å². The summed E-state index contributed by atoms with van der Waals surface area (Å²) in [7, 11) is 0. The van der Waals surface area contributed by atoms with E-state index in [2.05, 4.69) is 66.8 Å². The molecule has 0 amide bonds. The molecule has 18 heavy (non-hydrogen) atoms. The number of benzene rings is 1. The molecule has 1 aromatic carbocycles. The van der Waals surface area contributed by atoms with Gasteiger partial charge in [0.2, 0.25) is 0 Å². The molecule has 90 valence electrons. The standard InChI is InChI=1S/C17H15.Ti.3H/c1-2-8-14(9-3-1)17(15-10-4-5-11-15)16-12-6-7-13-16;;;;/h1-10,12H,11,13H2;;;;/q-1;+4;3*-1. The van der Waals surface area contributed by atoms with E-state index in [1.807, 2.05) is 0 Å². The van der Waals surface area contributed by atoms with Gasteiger partial charge in [0.05, 0.1) is 0 Å². The van der Waals surface area contributed by atoms with Crippen LogP contribution in [0.5, 0.6) is 0 Å². The summed E-state index contributed by atoms with van der Waals surface area (Å²) in [5.41, 5.74) is 4.20. The fraction of sp³-hybridized carbons (Fsp3) is 0.118.